The van der Waals surface area contributed by atoms with E-state index in [4.69, 9.17) is 12.3 Å². The van der Waals surface area contributed by atoms with Gasteiger partial charge in [0.25, 0.3) is 0 Å². The van der Waals surface area contributed by atoms with E-state index in [2.05, 4.69) is 19.6 Å². The second-order valence-corrected chi connectivity index (χ2v) is 22.3. The van der Waals surface area contributed by atoms with Crippen molar-refractivity contribution in [3.8, 4) is 0 Å². The molecule has 0 aliphatic heterocycles. The Balaban J connectivity index is 4.59. The highest BCUT2D eigenvalue weighted by Crippen LogP contribution is 2.21. The van der Waals surface area contributed by atoms with Gasteiger partial charge in [0.05, 0.1) is 0 Å². The van der Waals surface area contributed by atoms with E-state index in [0.29, 0.717) is 0 Å². The number of rotatable bonds is 6. The van der Waals surface area contributed by atoms with Crippen molar-refractivity contribution in [2.75, 3.05) is 0 Å². The summed E-state index contributed by atoms with van der Waals surface area (Å²) in [6.45, 7) is 18.2. The molecule has 4 nitrogen and oxygen atoms in total. The van der Waals surface area contributed by atoms with Crippen molar-refractivity contribution < 1.29 is 17.1 Å². The minimum absolute atomic E-state index is 1.65. The maximum absolute atomic E-state index is 10.3. The first-order chi connectivity index (χ1) is 7.12. The zero-order chi connectivity index (χ0) is 14.1. The third-order valence-corrected chi connectivity index (χ3v) is 13.3. The summed E-state index contributed by atoms with van der Waals surface area (Å²) in [5.41, 5.74) is 0. The molecule has 0 saturated heterocycles. The third-order valence-electron chi connectivity index (χ3n) is 1.48. The van der Waals surface area contributed by atoms with Crippen LogP contribution in [0, 0.1) is 0 Å². The van der Waals surface area contributed by atoms with Crippen LogP contribution in [0.5, 0.6) is 0 Å². The molecule has 0 fully saturated rings. The van der Waals surface area contributed by atoms with Gasteiger partial charge < -0.3 is 17.1 Å². The van der Waals surface area contributed by atoms with Crippen molar-refractivity contribution >= 4 is 34.0 Å². The fraction of sp³-hybridized carbons (Fsp3) is 1.00. The minimum Gasteiger partial charge on any atom is -0.437 e. The van der Waals surface area contributed by atoms with Crippen LogP contribution < -0.4 is 0 Å². The van der Waals surface area contributed by atoms with Crippen LogP contribution in [0.15, 0.2) is 0 Å². The number of hydrogen-bond donors (Lipinski definition) is 1. The average molecular weight is 313 g/mol. The van der Waals surface area contributed by atoms with Gasteiger partial charge in [-0.3, -0.25) is 0 Å². The molecule has 0 aromatic carbocycles. The van der Waals surface area contributed by atoms with Gasteiger partial charge in [-0.25, -0.2) is 0 Å². The van der Waals surface area contributed by atoms with Gasteiger partial charge in [0.1, 0.15) is 0 Å². The summed E-state index contributed by atoms with van der Waals surface area (Å²) in [6.07, 6.45) is 0. The van der Waals surface area contributed by atoms with Crippen molar-refractivity contribution in [2.24, 2.45) is 0 Å². The van der Waals surface area contributed by atoms with Crippen molar-refractivity contribution in [3.63, 3.8) is 0 Å². The SMILES string of the molecule is C[Si](C)(C)O[Si](C)(C)O[Si](C)(O)O[Si](C)(C)C. The highest BCUT2D eigenvalue weighted by molar-refractivity contribution is 6.87. The van der Waals surface area contributed by atoms with E-state index in [0.717, 1.165) is 0 Å². The van der Waals surface area contributed by atoms with E-state index in [1.165, 1.54) is 0 Å². The van der Waals surface area contributed by atoms with E-state index < -0.39 is 34.0 Å². The smallest absolute Gasteiger partial charge is 0.437 e. The average Bonchev–Trinajstić information content (AvgIpc) is 1.65. The lowest BCUT2D eigenvalue weighted by atomic mass is 11.8. The summed E-state index contributed by atoms with van der Waals surface area (Å²) in [6, 6.07) is 0. The van der Waals surface area contributed by atoms with Gasteiger partial charge >= 0.3 is 17.4 Å². The number of hydrogen-bond acceptors (Lipinski definition) is 4. The summed E-state index contributed by atoms with van der Waals surface area (Å²) in [4.78, 5) is 10.3. The standard InChI is InChI=1S/C9H28O4Si4/c1-14(2,3)11-16(7,8)13-17(9,10)12-15(4,5)6/h10H,1-9H3. The van der Waals surface area contributed by atoms with Crippen molar-refractivity contribution in [2.45, 2.75) is 58.9 Å². The summed E-state index contributed by atoms with van der Waals surface area (Å²) in [5, 5.41) is 0. The van der Waals surface area contributed by atoms with Gasteiger partial charge in [-0.1, -0.05) is 0 Å². The van der Waals surface area contributed by atoms with Crippen molar-refractivity contribution in [3.05, 3.63) is 0 Å². The Hall–Kier alpha value is 0.708. The van der Waals surface area contributed by atoms with Crippen molar-refractivity contribution in [1.29, 1.82) is 0 Å². The lowest BCUT2D eigenvalue weighted by molar-refractivity contribution is 0.229. The molecule has 0 radical (unpaired) electrons. The van der Waals surface area contributed by atoms with Crippen molar-refractivity contribution in [1.82, 2.24) is 0 Å². The van der Waals surface area contributed by atoms with Gasteiger partial charge in [0.2, 0.25) is 0 Å². The summed E-state index contributed by atoms with van der Waals surface area (Å²) in [7, 11) is -8.79. The molecule has 0 amide bonds. The first-order valence-electron chi connectivity index (χ1n) is 5.95. The summed E-state index contributed by atoms with van der Waals surface area (Å²) < 4.78 is 17.6. The molecule has 0 spiro atoms. The highest BCUT2D eigenvalue weighted by atomic mass is 28.5. The van der Waals surface area contributed by atoms with E-state index in [-0.39, 0.29) is 0 Å². The lowest BCUT2D eigenvalue weighted by Gasteiger charge is -2.37. The van der Waals surface area contributed by atoms with E-state index >= 15 is 0 Å². The molecule has 0 aliphatic carbocycles. The maximum Gasteiger partial charge on any atom is 0.475 e. The Kier molecular flexibility index (Phi) is 5.59. The Morgan fingerprint density at radius 1 is 0.588 bits per heavy atom. The van der Waals surface area contributed by atoms with Gasteiger partial charge in [0, 0.05) is 6.55 Å². The molecule has 1 atom stereocenters. The molecular formula is C9H28O4Si4. The molecule has 104 valence electrons. The largest absolute Gasteiger partial charge is 0.475 e. The molecular weight excluding hydrogens is 284 g/mol. The molecule has 0 heterocycles. The molecule has 0 aromatic rings. The fourth-order valence-corrected chi connectivity index (χ4v) is 17.0. The third kappa shape index (κ3) is 10.3. The van der Waals surface area contributed by atoms with Gasteiger partial charge in [-0.15, -0.1) is 0 Å². The van der Waals surface area contributed by atoms with E-state index in [1.54, 1.807) is 6.55 Å². The second-order valence-electron chi connectivity index (χ2n) is 6.83. The normalized spacial score (nSPS) is 18.0. The van der Waals surface area contributed by atoms with Crippen LogP contribution in [-0.4, -0.2) is 38.8 Å². The Labute approximate surface area is 110 Å². The Morgan fingerprint density at radius 2 is 0.941 bits per heavy atom. The quantitative estimate of drug-likeness (QED) is 0.766. The first kappa shape index (κ1) is 17.7. The molecule has 0 rings (SSSR count). The molecule has 0 saturated carbocycles. The van der Waals surface area contributed by atoms with Crippen LogP contribution in [-0.2, 0) is 12.3 Å². The Bertz CT molecular complexity index is 229. The maximum atomic E-state index is 10.3. The minimum atomic E-state index is -3.05. The summed E-state index contributed by atoms with van der Waals surface area (Å²) >= 11 is 0. The van der Waals surface area contributed by atoms with Crippen LogP contribution in [0.3, 0.4) is 0 Å². The highest BCUT2D eigenvalue weighted by Gasteiger charge is 2.44. The van der Waals surface area contributed by atoms with Gasteiger partial charge in [0.15, 0.2) is 16.6 Å². The molecule has 0 aromatic heterocycles. The zero-order valence-electron chi connectivity index (χ0n) is 12.7. The second kappa shape index (κ2) is 5.37. The van der Waals surface area contributed by atoms with Gasteiger partial charge in [-0.2, -0.15) is 0 Å². The monoisotopic (exact) mass is 312 g/mol. The van der Waals surface area contributed by atoms with E-state index in [1.807, 2.05) is 32.7 Å². The van der Waals surface area contributed by atoms with Crippen LogP contribution >= 0.6 is 0 Å². The topological polar surface area (TPSA) is 47.9 Å². The molecule has 1 unspecified atom stereocenters. The van der Waals surface area contributed by atoms with Crippen LogP contribution in [0.25, 0.3) is 0 Å². The molecule has 17 heavy (non-hydrogen) atoms. The molecule has 1 N–H and O–H groups in total. The van der Waals surface area contributed by atoms with Crippen LogP contribution in [0.2, 0.25) is 58.9 Å². The van der Waals surface area contributed by atoms with Gasteiger partial charge in [-0.05, 0) is 52.4 Å². The molecule has 8 heteroatoms. The van der Waals surface area contributed by atoms with Crippen LogP contribution in [0.4, 0.5) is 0 Å². The predicted molar refractivity (Wildman–Crippen MR) is 81.3 cm³/mol. The Morgan fingerprint density at radius 3 is 1.24 bits per heavy atom. The molecule has 0 aliphatic rings. The lowest BCUT2D eigenvalue weighted by Crippen LogP contribution is -2.57. The fourth-order valence-electron chi connectivity index (χ4n) is 1.80. The zero-order valence-corrected chi connectivity index (χ0v) is 16.7. The van der Waals surface area contributed by atoms with Crippen LogP contribution in [0.1, 0.15) is 0 Å². The first-order valence-corrected chi connectivity index (χ1v) is 17.8. The molecule has 0 bridgehead atoms. The van der Waals surface area contributed by atoms with E-state index in [9.17, 15) is 4.80 Å². The predicted octanol–water partition coefficient (Wildman–Crippen LogP) is 2.97. The summed E-state index contributed by atoms with van der Waals surface area (Å²) in [5.74, 6) is 0.